The molecule has 110 valence electrons. The van der Waals surface area contributed by atoms with Gasteiger partial charge in [0.15, 0.2) is 0 Å². The van der Waals surface area contributed by atoms with E-state index >= 15 is 0 Å². The van der Waals surface area contributed by atoms with Crippen molar-refractivity contribution in [2.24, 2.45) is 5.73 Å². The van der Waals surface area contributed by atoms with Crippen LogP contribution in [0.3, 0.4) is 0 Å². The lowest BCUT2D eigenvalue weighted by molar-refractivity contribution is 0.0686. The maximum atomic E-state index is 12.6. The molecule has 4 nitrogen and oxygen atoms in total. The Morgan fingerprint density at radius 3 is 2.60 bits per heavy atom. The van der Waals surface area contributed by atoms with Crippen LogP contribution in [0.25, 0.3) is 0 Å². The third-order valence-electron chi connectivity index (χ3n) is 4.03. The van der Waals surface area contributed by atoms with E-state index in [4.69, 9.17) is 10.5 Å². The van der Waals surface area contributed by atoms with E-state index in [1.165, 1.54) is 0 Å². The molecule has 1 saturated carbocycles. The Hall–Kier alpha value is -1.55. The monoisotopic (exact) mass is 276 g/mol. The summed E-state index contributed by atoms with van der Waals surface area (Å²) in [5.74, 6) is 0.703. The second kappa shape index (κ2) is 6.75. The zero-order valence-corrected chi connectivity index (χ0v) is 12.3. The fourth-order valence-electron chi connectivity index (χ4n) is 2.77. The Morgan fingerprint density at radius 1 is 1.30 bits per heavy atom. The van der Waals surface area contributed by atoms with E-state index in [0.717, 1.165) is 25.7 Å². The van der Waals surface area contributed by atoms with Gasteiger partial charge in [0.1, 0.15) is 5.75 Å². The summed E-state index contributed by atoms with van der Waals surface area (Å²) in [6, 6.07) is 8.03. The first-order chi connectivity index (χ1) is 9.63. The van der Waals surface area contributed by atoms with Crippen LogP contribution < -0.4 is 10.5 Å². The van der Waals surface area contributed by atoms with Gasteiger partial charge >= 0.3 is 0 Å². The first-order valence-corrected chi connectivity index (χ1v) is 7.38. The molecule has 0 saturated heterocycles. The van der Waals surface area contributed by atoms with Gasteiger partial charge in [-0.1, -0.05) is 12.1 Å². The van der Waals surface area contributed by atoms with Crippen LogP contribution in [0.2, 0.25) is 0 Å². The van der Waals surface area contributed by atoms with Gasteiger partial charge in [0.05, 0.1) is 12.2 Å². The number of para-hydroxylation sites is 1. The minimum absolute atomic E-state index is 0.0366. The number of nitrogens with zero attached hydrogens (tertiary/aromatic N) is 1. The van der Waals surface area contributed by atoms with Crippen LogP contribution in [-0.2, 0) is 0 Å². The van der Waals surface area contributed by atoms with E-state index in [-0.39, 0.29) is 11.9 Å². The van der Waals surface area contributed by atoms with Crippen molar-refractivity contribution >= 4 is 5.91 Å². The predicted molar refractivity (Wildman–Crippen MR) is 79.9 cm³/mol. The van der Waals surface area contributed by atoms with Crippen molar-refractivity contribution in [3.63, 3.8) is 0 Å². The second-order valence-corrected chi connectivity index (χ2v) is 5.41. The Bertz CT molecular complexity index is 454. The minimum atomic E-state index is 0.0366. The third-order valence-corrected chi connectivity index (χ3v) is 4.03. The number of amides is 1. The molecule has 0 aliphatic heterocycles. The third kappa shape index (κ3) is 3.31. The fraction of sp³-hybridized carbons (Fsp3) is 0.562. The van der Waals surface area contributed by atoms with E-state index in [1.54, 1.807) is 0 Å². The number of benzene rings is 1. The first kappa shape index (κ1) is 14.9. The highest BCUT2D eigenvalue weighted by Gasteiger charge is 2.26. The van der Waals surface area contributed by atoms with Gasteiger partial charge in [-0.2, -0.15) is 0 Å². The molecule has 1 aromatic rings. The quantitative estimate of drug-likeness (QED) is 0.919. The van der Waals surface area contributed by atoms with Gasteiger partial charge < -0.3 is 15.4 Å². The molecular formula is C16H24N2O2. The van der Waals surface area contributed by atoms with Crippen LogP contribution >= 0.6 is 0 Å². The lowest BCUT2D eigenvalue weighted by Gasteiger charge is -2.33. The topological polar surface area (TPSA) is 55.6 Å². The molecule has 2 N–H and O–H groups in total. The number of carbonyl (C=O) groups excluding carboxylic acids is 1. The van der Waals surface area contributed by atoms with Crippen LogP contribution in [0.15, 0.2) is 24.3 Å². The molecule has 2 rings (SSSR count). The van der Waals surface area contributed by atoms with Gasteiger partial charge in [0, 0.05) is 19.1 Å². The smallest absolute Gasteiger partial charge is 0.257 e. The van der Waals surface area contributed by atoms with Crippen molar-refractivity contribution in [2.75, 3.05) is 13.7 Å². The van der Waals surface area contributed by atoms with Crippen LogP contribution in [0, 0.1) is 0 Å². The summed E-state index contributed by atoms with van der Waals surface area (Å²) >= 11 is 0. The number of carbonyl (C=O) groups is 1. The Kier molecular flexibility index (Phi) is 5.01. The normalized spacial score (nSPS) is 22.4. The molecular weight excluding hydrogens is 252 g/mol. The predicted octanol–water partition coefficient (Wildman–Crippen LogP) is 2.43. The molecule has 0 spiro atoms. The Morgan fingerprint density at radius 2 is 1.95 bits per heavy atom. The summed E-state index contributed by atoms with van der Waals surface area (Å²) in [6.07, 6.45) is 3.96. The first-order valence-electron chi connectivity index (χ1n) is 7.38. The van der Waals surface area contributed by atoms with Gasteiger partial charge in [-0.3, -0.25) is 4.79 Å². The largest absolute Gasteiger partial charge is 0.493 e. The second-order valence-electron chi connectivity index (χ2n) is 5.41. The van der Waals surface area contributed by atoms with Crippen LogP contribution in [-0.4, -0.2) is 36.5 Å². The Balaban J connectivity index is 2.10. The van der Waals surface area contributed by atoms with E-state index in [0.29, 0.717) is 24.0 Å². The van der Waals surface area contributed by atoms with E-state index in [2.05, 4.69) is 0 Å². The molecule has 1 aromatic carbocycles. The van der Waals surface area contributed by atoms with Gasteiger partial charge in [-0.25, -0.2) is 0 Å². The zero-order chi connectivity index (χ0) is 14.5. The maximum absolute atomic E-state index is 12.6. The van der Waals surface area contributed by atoms with Crippen molar-refractivity contribution < 1.29 is 9.53 Å². The average molecular weight is 276 g/mol. The van der Waals surface area contributed by atoms with E-state index in [1.807, 2.05) is 43.1 Å². The maximum Gasteiger partial charge on any atom is 0.257 e. The molecule has 0 radical (unpaired) electrons. The van der Waals surface area contributed by atoms with Crippen molar-refractivity contribution in [3.05, 3.63) is 29.8 Å². The van der Waals surface area contributed by atoms with Crippen LogP contribution in [0.5, 0.6) is 5.75 Å². The SMILES string of the molecule is CCOc1ccccc1C(=O)N(C)C1CCC(N)CC1. The molecule has 1 amide bonds. The summed E-state index contributed by atoms with van der Waals surface area (Å²) in [4.78, 5) is 14.5. The number of nitrogens with two attached hydrogens (primary N) is 1. The molecule has 4 heteroatoms. The molecule has 20 heavy (non-hydrogen) atoms. The zero-order valence-electron chi connectivity index (χ0n) is 12.3. The van der Waals surface area contributed by atoms with Gasteiger partial charge in [-0.15, -0.1) is 0 Å². The van der Waals surface area contributed by atoms with Gasteiger partial charge in [0.25, 0.3) is 5.91 Å². The van der Waals surface area contributed by atoms with Crippen molar-refractivity contribution in [2.45, 2.75) is 44.7 Å². The molecule has 1 aliphatic carbocycles. The van der Waals surface area contributed by atoms with Crippen molar-refractivity contribution in [1.82, 2.24) is 4.90 Å². The molecule has 0 aromatic heterocycles. The average Bonchev–Trinajstić information content (AvgIpc) is 2.47. The summed E-state index contributed by atoms with van der Waals surface area (Å²) < 4.78 is 5.55. The highest BCUT2D eigenvalue weighted by Crippen LogP contribution is 2.25. The van der Waals surface area contributed by atoms with Crippen LogP contribution in [0.4, 0.5) is 0 Å². The number of hydrogen-bond donors (Lipinski definition) is 1. The van der Waals surface area contributed by atoms with E-state index in [9.17, 15) is 4.79 Å². The Labute approximate surface area is 120 Å². The van der Waals surface area contributed by atoms with E-state index < -0.39 is 0 Å². The lowest BCUT2D eigenvalue weighted by Crippen LogP contribution is -2.41. The molecule has 1 fully saturated rings. The summed E-state index contributed by atoms with van der Waals surface area (Å²) in [5.41, 5.74) is 6.57. The lowest BCUT2D eigenvalue weighted by atomic mass is 9.90. The fourth-order valence-corrected chi connectivity index (χ4v) is 2.77. The molecule has 1 aliphatic rings. The molecule has 0 bridgehead atoms. The summed E-state index contributed by atoms with van der Waals surface area (Å²) in [5, 5.41) is 0. The number of rotatable bonds is 4. The van der Waals surface area contributed by atoms with Crippen molar-refractivity contribution in [1.29, 1.82) is 0 Å². The minimum Gasteiger partial charge on any atom is -0.493 e. The van der Waals surface area contributed by atoms with Crippen molar-refractivity contribution in [3.8, 4) is 5.75 Å². The standard InChI is InChI=1S/C16H24N2O2/c1-3-20-15-7-5-4-6-14(15)16(19)18(2)13-10-8-12(17)9-11-13/h4-7,12-13H,3,8-11,17H2,1-2H3. The number of ether oxygens (including phenoxy) is 1. The summed E-state index contributed by atoms with van der Waals surface area (Å²) in [7, 11) is 1.88. The highest BCUT2D eigenvalue weighted by atomic mass is 16.5. The highest BCUT2D eigenvalue weighted by molar-refractivity contribution is 5.97. The molecule has 0 unspecified atom stereocenters. The van der Waals surface area contributed by atoms with Gasteiger partial charge in [0.2, 0.25) is 0 Å². The van der Waals surface area contributed by atoms with Gasteiger partial charge in [-0.05, 0) is 44.7 Å². The molecule has 0 atom stereocenters. The molecule has 0 heterocycles. The van der Waals surface area contributed by atoms with Crippen LogP contribution in [0.1, 0.15) is 43.0 Å². The number of hydrogen-bond acceptors (Lipinski definition) is 3. The summed E-state index contributed by atoms with van der Waals surface area (Å²) in [6.45, 7) is 2.49.